The Hall–Kier alpha value is -1.47. The van der Waals surface area contributed by atoms with Crippen molar-refractivity contribution in [2.24, 2.45) is 5.92 Å². The van der Waals surface area contributed by atoms with Crippen LogP contribution in [0.2, 0.25) is 0 Å². The SMILES string of the molecule is O=C(OCC1CCOCC1)c1cccc([N+](=O)[O-])c1Br. The minimum absolute atomic E-state index is 0.148. The topological polar surface area (TPSA) is 78.7 Å². The number of hydrogen-bond acceptors (Lipinski definition) is 5. The number of benzene rings is 1. The van der Waals surface area contributed by atoms with Gasteiger partial charge in [0.1, 0.15) is 4.47 Å². The van der Waals surface area contributed by atoms with E-state index in [1.165, 1.54) is 18.2 Å². The molecule has 0 unspecified atom stereocenters. The maximum Gasteiger partial charge on any atom is 0.339 e. The predicted octanol–water partition coefficient (Wildman–Crippen LogP) is 2.94. The Labute approximate surface area is 124 Å². The molecule has 7 heteroatoms. The number of nitro benzene ring substituents is 1. The molecule has 0 atom stereocenters. The van der Waals surface area contributed by atoms with Gasteiger partial charge in [0.15, 0.2) is 0 Å². The number of ether oxygens (including phenoxy) is 2. The van der Waals surface area contributed by atoms with E-state index in [9.17, 15) is 14.9 Å². The molecule has 1 heterocycles. The number of esters is 1. The molecule has 0 N–H and O–H groups in total. The normalized spacial score (nSPS) is 15.8. The molecule has 0 aromatic heterocycles. The summed E-state index contributed by atoms with van der Waals surface area (Å²) < 4.78 is 10.6. The average Bonchev–Trinajstić information content (AvgIpc) is 2.46. The first kappa shape index (κ1) is 14.9. The Morgan fingerprint density at radius 1 is 1.45 bits per heavy atom. The summed E-state index contributed by atoms with van der Waals surface area (Å²) >= 11 is 3.09. The molecule has 0 aliphatic carbocycles. The first-order chi connectivity index (χ1) is 9.59. The number of carbonyl (C=O) groups excluding carboxylic acids is 1. The van der Waals surface area contributed by atoms with Gasteiger partial charge in [-0.25, -0.2) is 4.79 Å². The van der Waals surface area contributed by atoms with Gasteiger partial charge in [-0.15, -0.1) is 0 Å². The highest BCUT2D eigenvalue weighted by molar-refractivity contribution is 9.10. The van der Waals surface area contributed by atoms with Crippen LogP contribution in [0, 0.1) is 16.0 Å². The van der Waals surface area contributed by atoms with Crippen molar-refractivity contribution >= 4 is 27.6 Å². The first-order valence-corrected chi connectivity index (χ1v) is 7.06. The molecule has 2 rings (SSSR count). The van der Waals surface area contributed by atoms with Crippen molar-refractivity contribution in [3.8, 4) is 0 Å². The minimum atomic E-state index is -0.549. The molecule has 1 aliphatic rings. The number of hydrogen-bond donors (Lipinski definition) is 0. The average molecular weight is 344 g/mol. The summed E-state index contributed by atoms with van der Waals surface area (Å²) in [7, 11) is 0. The summed E-state index contributed by atoms with van der Waals surface area (Å²) in [5.41, 5.74) is 0.0248. The van der Waals surface area contributed by atoms with E-state index in [0.717, 1.165) is 12.8 Å². The molecule has 0 bridgehead atoms. The third kappa shape index (κ3) is 3.55. The fourth-order valence-electron chi connectivity index (χ4n) is 2.00. The van der Waals surface area contributed by atoms with E-state index < -0.39 is 10.9 Å². The molecule has 0 amide bonds. The number of rotatable bonds is 4. The Kier molecular flexibility index (Phi) is 5.08. The summed E-state index contributed by atoms with van der Waals surface area (Å²) in [4.78, 5) is 22.2. The Morgan fingerprint density at radius 3 is 2.80 bits per heavy atom. The third-order valence-electron chi connectivity index (χ3n) is 3.19. The molecule has 1 fully saturated rings. The Balaban J connectivity index is 2.01. The number of halogens is 1. The predicted molar refractivity (Wildman–Crippen MR) is 74.6 cm³/mol. The number of nitrogens with zero attached hydrogens (tertiary/aromatic N) is 1. The smallest absolute Gasteiger partial charge is 0.339 e. The highest BCUT2D eigenvalue weighted by Gasteiger charge is 2.22. The maximum atomic E-state index is 12.0. The second-order valence-electron chi connectivity index (χ2n) is 4.55. The quantitative estimate of drug-likeness (QED) is 0.477. The van der Waals surface area contributed by atoms with Gasteiger partial charge in [-0.1, -0.05) is 6.07 Å². The molecule has 1 aromatic carbocycles. The molecule has 1 aromatic rings. The fraction of sp³-hybridized carbons (Fsp3) is 0.462. The van der Waals surface area contributed by atoms with Gasteiger partial charge < -0.3 is 9.47 Å². The largest absolute Gasteiger partial charge is 0.462 e. The van der Waals surface area contributed by atoms with E-state index in [0.29, 0.717) is 25.7 Å². The highest BCUT2D eigenvalue weighted by Crippen LogP contribution is 2.29. The van der Waals surface area contributed by atoms with E-state index in [-0.39, 0.29) is 15.7 Å². The van der Waals surface area contributed by atoms with Crippen LogP contribution in [0.3, 0.4) is 0 Å². The summed E-state index contributed by atoms with van der Waals surface area (Å²) in [6.07, 6.45) is 1.73. The lowest BCUT2D eigenvalue weighted by Gasteiger charge is -2.21. The lowest BCUT2D eigenvalue weighted by atomic mass is 10.0. The number of nitro groups is 1. The lowest BCUT2D eigenvalue weighted by Crippen LogP contribution is -2.22. The van der Waals surface area contributed by atoms with Crippen LogP contribution in [-0.2, 0) is 9.47 Å². The van der Waals surface area contributed by atoms with Crippen molar-refractivity contribution in [1.29, 1.82) is 0 Å². The van der Waals surface area contributed by atoms with E-state index in [1.807, 2.05) is 0 Å². The van der Waals surface area contributed by atoms with Gasteiger partial charge in [0.2, 0.25) is 0 Å². The van der Waals surface area contributed by atoms with Gasteiger partial charge in [-0.2, -0.15) is 0 Å². The van der Waals surface area contributed by atoms with Gasteiger partial charge in [-0.3, -0.25) is 10.1 Å². The van der Waals surface area contributed by atoms with E-state index in [1.54, 1.807) is 0 Å². The van der Waals surface area contributed by atoms with Crippen molar-refractivity contribution in [3.63, 3.8) is 0 Å². The monoisotopic (exact) mass is 343 g/mol. The van der Waals surface area contributed by atoms with Gasteiger partial charge in [0.25, 0.3) is 5.69 Å². The van der Waals surface area contributed by atoms with Crippen LogP contribution in [0.5, 0.6) is 0 Å². The molecular weight excluding hydrogens is 330 g/mol. The molecule has 1 aliphatic heterocycles. The maximum absolute atomic E-state index is 12.0. The van der Waals surface area contributed by atoms with Crippen LogP contribution in [0.15, 0.2) is 22.7 Å². The van der Waals surface area contributed by atoms with Crippen molar-refractivity contribution < 1.29 is 19.2 Å². The standard InChI is InChI=1S/C13H14BrNO5/c14-12-10(2-1-3-11(12)15(17)18)13(16)20-8-9-4-6-19-7-5-9/h1-3,9H,4-8H2. The van der Waals surface area contributed by atoms with Crippen molar-refractivity contribution in [2.45, 2.75) is 12.8 Å². The lowest BCUT2D eigenvalue weighted by molar-refractivity contribution is -0.385. The van der Waals surface area contributed by atoms with Gasteiger partial charge in [0, 0.05) is 19.3 Å². The minimum Gasteiger partial charge on any atom is -0.462 e. The van der Waals surface area contributed by atoms with Gasteiger partial charge in [-0.05, 0) is 40.8 Å². The summed E-state index contributed by atoms with van der Waals surface area (Å²) in [6.45, 7) is 1.68. The molecule has 20 heavy (non-hydrogen) atoms. The first-order valence-electron chi connectivity index (χ1n) is 6.27. The molecule has 108 valence electrons. The molecule has 6 nitrogen and oxygen atoms in total. The molecule has 0 radical (unpaired) electrons. The second kappa shape index (κ2) is 6.81. The third-order valence-corrected chi connectivity index (χ3v) is 4.02. The summed E-state index contributed by atoms with van der Waals surface area (Å²) in [6, 6.07) is 4.30. The molecule has 0 saturated carbocycles. The van der Waals surface area contributed by atoms with E-state index >= 15 is 0 Å². The van der Waals surface area contributed by atoms with Crippen LogP contribution in [0.1, 0.15) is 23.2 Å². The zero-order chi connectivity index (χ0) is 14.5. The molecular formula is C13H14BrNO5. The Morgan fingerprint density at radius 2 is 2.15 bits per heavy atom. The molecule has 0 spiro atoms. The van der Waals surface area contributed by atoms with E-state index in [2.05, 4.69) is 15.9 Å². The van der Waals surface area contributed by atoms with Gasteiger partial charge >= 0.3 is 5.97 Å². The van der Waals surface area contributed by atoms with Crippen molar-refractivity contribution in [1.82, 2.24) is 0 Å². The van der Waals surface area contributed by atoms with Crippen molar-refractivity contribution in [3.05, 3.63) is 38.3 Å². The van der Waals surface area contributed by atoms with Crippen LogP contribution in [-0.4, -0.2) is 30.7 Å². The van der Waals surface area contributed by atoms with Crippen LogP contribution in [0.4, 0.5) is 5.69 Å². The Bertz CT molecular complexity index is 513. The highest BCUT2D eigenvalue weighted by atomic mass is 79.9. The van der Waals surface area contributed by atoms with Crippen LogP contribution in [0.25, 0.3) is 0 Å². The van der Waals surface area contributed by atoms with Crippen LogP contribution < -0.4 is 0 Å². The zero-order valence-corrected chi connectivity index (χ0v) is 12.3. The van der Waals surface area contributed by atoms with Gasteiger partial charge in [0.05, 0.1) is 17.1 Å². The second-order valence-corrected chi connectivity index (χ2v) is 5.34. The fourth-order valence-corrected chi connectivity index (χ4v) is 2.57. The summed E-state index contributed by atoms with van der Waals surface area (Å²) in [5, 5.41) is 10.8. The van der Waals surface area contributed by atoms with Crippen LogP contribution >= 0.6 is 15.9 Å². The summed E-state index contributed by atoms with van der Waals surface area (Å²) in [5.74, 6) is -0.253. The zero-order valence-electron chi connectivity index (χ0n) is 10.7. The van der Waals surface area contributed by atoms with Crippen molar-refractivity contribution in [2.75, 3.05) is 19.8 Å². The van der Waals surface area contributed by atoms with E-state index in [4.69, 9.17) is 9.47 Å². The number of carbonyl (C=O) groups is 1. The molecule has 1 saturated heterocycles.